The van der Waals surface area contributed by atoms with Gasteiger partial charge in [0.05, 0.1) is 0 Å². The summed E-state index contributed by atoms with van der Waals surface area (Å²) in [5, 5.41) is 9.94. The van der Waals surface area contributed by atoms with Gasteiger partial charge in [-0.1, -0.05) is 84.5 Å². The first kappa shape index (κ1) is 23.3. The number of hydrogen-bond donors (Lipinski definition) is 0. The van der Waals surface area contributed by atoms with E-state index in [9.17, 15) is 0 Å². The Balaban J connectivity index is 0.000000891. The third-order valence-electron chi connectivity index (χ3n) is 5.87. The van der Waals surface area contributed by atoms with E-state index in [2.05, 4.69) is 27.7 Å². The van der Waals surface area contributed by atoms with Gasteiger partial charge in [0.2, 0.25) is 0 Å². The summed E-state index contributed by atoms with van der Waals surface area (Å²) in [5.74, 6) is 3.36. The van der Waals surface area contributed by atoms with Gasteiger partial charge in [-0.05, 0) is 11.8 Å². The van der Waals surface area contributed by atoms with Gasteiger partial charge in [-0.25, -0.2) is 0 Å². The normalized spacial score (nSPS) is 36.6. The first-order valence-electron chi connectivity index (χ1n) is 9.77. The molecule has 0 bridgehead atoms. The SMILES string of the molecule is CC1CCC(C)C([N-]CCC[N-]C2CC(C)CCC2C)C1.[Cl][Ti][Cl]. The van der Waals surface area contributed by atoms with Crippen molar-refractivity contribution < 1.29 is 17.0 Å². The number of nitrogens with zero attached hydrogens (tertiary/aromatic N) is 2. The van der Waals surface area contributed by atoms with E-state index in [0.717, 1.165) is 43.2 Å². The summed E-state index contributed by atoms with van der Waals surface area (Å²) in [4.78, 5) is 0. The summed E-state index contributed by atoms with van der Waals surface area (Å²) in [7, 11) is 9.78. The van der Waals surface area contributed by atoms with Gasteiger partial charge in [0.1, 0.15) is 0 Å². The molecular formula is C19H36Cl2N2Ti-2. The number of rotatable bonds is 6. The quantitative estimate of drug-likeness (QED) is 0.328. The summed E-state index contributed by atoms with van der Waals surface area (Å²) in [5.41, 5.74) is 0. The molecule has 0 aromatic rings. The van der Waals surface area contributed by atoms with Crippen LogP contribution in [0.15, 0.2) is 0 Å². The van der Waals surface area contributed by atoms with Gasteiger partial charge < -0.3 is 10.6 Å². The monoisotopic (exact) mass is 410 g/mol. The topological polar surface area (TPSA) is 28.2 Å². The molecule has 0 aromatic carbocycles. The standard InChI is InChI=1S/C19H36N2.2ClH.Ti/c1-14-6-8-16(3)18(12-14)20-10-5-11-21-19-13-15(2)7-9-17(19)4;;;/h14-19H,5-13H2,1-4H3;2*1H;/q-2;;;+2/p-2. The fourth-order valence-electron chi connectivity index (χ4n) is 4.10. The second-order valence-electron chi connectivity index (χ2n) is 8.16. The Kier molecular flexibility index (Phi) is 13.0. The van der Waals surface area contributed by atoms with Crippen molar-refractivity contribution in [2.75, 3.05) is 13.1 Å². The van der Waals surface area contributed by atoms with E-state index >= 15 is 0 Å². The van der Waals surface area contributed by atoms with Crippen molar-refractivity contribution in [3.8, 4) is 0 Å². The van der Waals surface area contributed by atoms with E-state index in [1.54, 1.807) is 0 Å². The first-order chi connectivity index (χ1) is 11.5. The summed E-state index contributed by atoms with van der Waals surface area (Å²) >= 11 is -0.556. The van der Waals surface area contributed by atoms with Crippen molar-refractivity contribution in [2.24, 2.45) is 23.7 Å². The van der Waals surface area contributed by atoms with Gasteiger partial charge in [-0.3, -0.25) is 0 Å². The molecule has 2 aliphatic rings. The predicted molar refractivity (Wildman–Crippen MR) is 105 cm³/mol. The fourth-order valence-corrected chi connectivity index (χ4v) is 4.10. The molecule has 2 rings (SSSR count). The van der Waals surface area contributed by atoms with Crippen LogP contribution in [0.3, 0.4) is 0 Å². The average molecular weight is 411 g/mol. The molecule has 142 valence electrons. The second kappa shape index (κ2) is 13.4. The van der Waals surface area contributed by atoms with E-state index in [0.29, 0.717) is 12.1 Å². The first-order valence-corrected chi connectivity index (χ1v) is 14.1. The summed E-state index contributed by atoms with van der Waals surface area (Å²) < 4.78 is 0. The van der Waals surface area contributed by atoms with Crippen molar-refractivity contribution >= 4 is 18.6 Å². The molecule has 6 atom stereocenters. The van der Waals surface area contributed by atoms with Crippen LogP contribution in [0.2, 0.25) is 0 Å². The van der Waals surface area contributed by atoms with Crippen molar-refractivity contribution in [3.63, 3.8) is 0 Å². The van der Waals surface area contributed by atoms with Crippen LogP contribution in [0, 0.1) is 23.7 Å². The van der Waals surface area contributed by atoms with Gasteiger partial charge >= 0.3 is 35.6 Å². The molecule has 0 N–H and O–H groups in total. The zero-order valence-electron chi connectivity index (χ0n) is 16.0. The molecule has 0 aromatic heterocycles. The van der Waals surface area contributed by atoms with Crippen LogP contribution in [0.4, 0.5) is 0 Å². The third-order valence-corrected chi connectivity index (χ3v) is 5.87. The molecule has 2 fully saturated rings. The van der Waals surface area contributed by atoms with Crippen molar-refractivity contribution in [1.29, 1.82) is 0 Å². The summed E-state index contributed by atoms with van der Waals surface area (Å²) in [6.45, 7) is 11.6. The van der Waals surface area contributed by atoms with Crippen LogP contribution >= 0.6 is 18.6 Å². The fraction of sp³-hybridized carbons (Fsp3) is 1.00. The Morgan fingerprint density at radius 2 is 1.12 bits per heavy atom. The Hall–Kier alpha value is 1.21. The molecule has 6 unspecified atom stereocenters. The van der Waals surface area contributed by atoms with Crippen LogP contribution in [-0.2, 0) is 17.0 Å². The van der Waals surface area contributed by atoms with Crippen LogP contribution in [0.1, 0.15) is 72.6 Å². The summed E-state index contributed by atoms with van der Waals surface area (Å²) in [6.07, 6.45) is 9.34. The number of hydrogen-bond acceptors (Lipinski definition) is 0. The van der Waals surface area contributed by atoms with E-state index in [1.165, 1.54) is 38.5 Å². The molecule has 5 heteroatoms. The maximum atomic E-state index is 4.97. The Morgan fingerprint density at radius 3 is 1.50 bits per heavy atom. The van der Waals surface area contributed by atoms with Crippen LogP contribution in [0.25, 0.3) is 10.6 Å². The molecule has 0 saturated heterocycles. The Labute approximate surface area is 167 Å². The van der Waals surface area contributed by atoms with Crippen molar-refractivity contribution in [2.45, 2.75) is 84.7 Å². The van der Waals surface area contributed by atoms with Crippen molar-refractivity contribution in [3.05, 3.63) is 10.6 Å². The minimum atomic E-state index is -0.556. The molecule has 0 aliphatic heterocycles. The molecule has 2 saturated carbocycles. The zero-order chi connectivity index (χ0) is 17.9. The third kappa shape index (κ3) is 9.24. The van der Waals surface area contributed by atoms with Crippen LogP contribution in [0.5, 0.6) is 0 Å². The average Bonchev–Trinajstić information content (AvgIpc) is 2.54. The zero-order valence-corrected chi connectivity index (χ0v) is 19.1. The predicted octanol–water partition coefficient (Wildman–Crippen LogP) is 7.15. The van der Waals surface area contributed by atoms with Crippen molar-refractivity contribution in [1.82, 2.24) is 0 Å². The van der Waals surface area contributed by atoms with Gasteiger partial charge in [-0.15, -0.1) is 12.1 Å². The number of halogens is 2. The molecule has 0 spiro atoms. The minimum absolute atomic E-state index is 0.556. The van der Waals surface area contributed by atoms with E-state index in [1.807, 2.05) is 0 Å². The van der Waals surface area contributed by atoms with Gasteiger partial charge in [-0.2, -0.15) is 13.1 Å². The van der Waals surface area contributed by atoms with Crippen LogP contribution in [-0.4, -0.2) is 25.2 Å². The Morgan fingerprint density at radius 1 is 0.750 bits per heavy atom. The Bertz CT molecular complexity index is 292. The molecule has 0 amide bonds. The molecule has 0 radical (unpaired) electrons. The molecular weight excluding hydrogens is 375 g/mol. The van der Waals surface area contributed by atoms with Gasteiger partial charge in [0, 0.05) is 0 Å². The molecule has 2 nitrogen and oxygen atoms in total. The van der Waals surface area contributed by atoms with E-state index in [4.69, 9.17) is 29.2 Å². The van der Waals surface area contributed by atoms with E-state index < -0.39 is 17.0 Å². The van der Waals surface area contributed by atoms with Crippen LogP contribution < -0.4 is 0 Å². The summed E-state index contributed by atoms with van der Waals surface area (Å²) in [6, 6.07) is 1.25. The molecule has 2 aliphatic carbocycles. The molecule has 0 heterocycles. The maximum absolute atomic E-state index is 4.97. The van der Waals surface area contributed by atoms with Gasteiger partial charge in [0.25, 0.3) is 0 Å². The molecule has 24 heavy (non-hydrogen) atoms. The van der Waals surface area contributed by atoms with Gasteiger partial charge in [0.15, 0.2) is 0 Å². The van der Waals surface area contributed by atoms with E-state index in [-0.39, 0.29) is 0 Å². The second-order valence-corrected chi connectivity index (χ2v) is 10.7.